The molecule has 4 aromatic rings. The van der Waals surface area contributed by atoms with E-state index in [0.29, 0.717) is 31.5 Å². The number of pyridine rings is 1. The van der Waals surface area contributed by atoms with Crippen LogP contribution in [0.5, 0.6) is 0 Å². The predicted molar refractivity (Wildman–Crippen MR) is 112 cm³/mol. The van der Waals surface area contributed by atoms with Gasteiger partial charge in [0.1, 0.15) is 17.3 Å². The largest absolute Gasteiger partial charge is 0.350 e. The van der Waals surface area contributed by atoms with E-state index in [1.54, 1.807) is 23.5 Å². The fraction of sp³-hybridized carbons (Fsp3) is 0.261. The molecule has 0 spiro atoms. The number of amides is 2. The van der Waals surface area contributed by atoms with Crippen LogP contribution in [0.25, 0.3) is 16.4 Å². The van der Waals surface area contributed by atoms with Crippen molar-refractivity contribution < 1.29 is 18.4 Å². The molecule has 6 rings (SSSR count). The van der Waals surface area contributed by atoms with Crippen LogP contribution in [0.15, 0.2) is 49.1 Å². The highest BCUT2D eigenvalue weighted by Crippen LogP contribution is 2.34. The first-order valence-electron chi connectivity index (χ1n) is 10.5. The molecule has 2 aliphatic rings. The molecule has 32 heavy (non-hydrogen) atoms. The Hall–Kier alpha value is -3.75. The zero-order valence-corrected chi connectivity index (χ0v) is 17.0. The average molecular weight is 435 g/mol. The van der Waals surface area contributed by atoms with E-state index in [1.807, 2.05) is 21.6 Å². The fourth-order valence-electron chi connectivity index (χ4n) is 5.21. The Morgan fingerprint density at radius 2 is 1.78 bits per heavy atom. The number of imidazole rings is 1. The molecular formula is C23H19F2N5O2. The number of nitrogens with zero attached hydrogens (tertiary/aromatic N) is 4. The summed E-state index contributed by atoms with van der Waals surface area (Å²) in [4.78, 5) is 37.1. The van der Waals surface area contributed by atoms with E-state index >= 15 is 0 Å². The van der Waals surface area contributed by atoms with Crippen molar-refractivity contribution in [1.29, 1.82) is 0 Å². The van der Waals surface area contributed by atoms with Gasteiger partial charge in [0.25, 0.3) is 11.8 Å². The quantitative estimate of drug-likeness (QED) is 0.526. The molecule has 7 nitrogen and oxygen atoms in total. The third-order valence-corrected chi connectivity index (χ3v) is 6.66. The maximum Gasteiger partial charge on any atom is 0.270 e. The van der Waals surface area contributed by atoms with Crippen LogP contribution in [0.2, 0.25) is 0 Å². The van der Waals surface area contributed by atoms with Crippen LogP contribution in [0.3, 0.4) is 0 Å². The van der Waals surface area contributed by atoms with E-state index in [-0.39, 0.29) is 40.5 Å². The summed E-state index contributed by atoms with van der Waals surface area (Å²) in [6.07, 6.45) is 6.52. The third kappa shape index (κ3) is 2.73. The van der Waals surface area contributed by atoms with Crippen molar-refractivity contribution in [2.45, 2.75) is 24.9 Å². The lowest BCUT2D eigenvalue weighted by molar-refractivity contribution is 0.0689. The number of aromatic nitrogens is 3. The zero-order chi connectivity index (χ0) is 22.0. The Morgan fingerprint density at radius 1 is 1.03 bits per heavy atom. The molecule has 0 aliphatic carbocycles. The van der Waals surface area contributed by atoms with Crippen molar-refractivity contribution in [1.82, 2.24) is 24.2 Å². The molecule has 162 valence electrons. The number of likely N-dealkylation sites (tertiary alicyclic amines) is 2. The Morgan fingerprint density at radius 3 is 2.56 bits per heavy atom. The van der Waals surface area contributed by atoms with Crippen LogP contribution in [-0.2, 0) is 0 Å². The summed E-state index contributed by atoms with van der Waals surface area (Å²) in [7, 11) is 0. The standard InChI is InChI=1S/C23H19F2N5O2/c24-13-8-16(25)15-10-18(27-17(15)9-13)23(32)30-7-4-19-20(30)3-6-29(19)22(31)14-2-1-5-28-12-26-11-21(14)28/h1-2,5,8-12,19-20,27H,3-4,6-7H2/t19-,20+/m1/s1. The summed E-state index contributed by atoms with van der Waals surface area (Å²) < 4.78 is 29.4. The number of hydrogen-bond acceptors (Lipinski definition) is 3. The Labute approximate surface area is 181 Å². The van der Waals surface area contributed by atoms with Crippen molar-refractivity contribution in [3.63, 3.8) is 0 Å². The van der Waals surface area contributed by atoms with Crippen molar-refractivity contribution in [2.24, 2.45) is 0 Å². The molecule has 0 saturated carbocycles. The molecule has 3 aromatic heterocycles. The number of fused-ring (bicyclic) bond motifs is 3. The molecule has 0 bridgehead atoms. The molecule has 9 heteroatoms. The predicted octanol–water partition coefficient (Wildman–Crippen LogP) is 3.22. The van der Waals surface area contributed by atoms with Crippen LogP contribution in [0.4, 0.5) is 8.78 Å². The second-order valence-electron chi connectivity index (χ2n) is 8.35. The van der Waals surface area contributed by atoms with Gasteiger partial charge in [-0.2, -0.15) is 0 Å². The van der Waals surface area contributed by atoms with E-state index in [2.05, 4.69) is 9.97 Å². The number of aromatic amines is 1. The van der Waals surface area contributed by atoms with Crippen LogP contribution in [-0.4, -0.2) is 61.2 Å². The highest BCUT2D eigenvalue weighted by atomic mass is 19.1. The van der Waals surface area contributed by atoms with Crippen LogP contribution >= 0.6 is 0 Å². The number of H-pyrrole nitrogens is 1. The zero-order valence-electron chi connectivity index (χ0n) is 17.0. The molecule has 2 fully saturated rings. The average Bonchev–Trinajstić information content (AvgIpc) is 3.54. The Balaban J connectivity index is 1.26. The molecule has 2 saturated heterocycles. The van der Waals surface area contributed by atoms with Crippen LogP contribution in [0.1, 0.15) is 33.7 Å². The van der Waals surface area contributed by atoms with Crippen molar-refractivity contribution in [3.8, 4) is 0 Å². The first-order valence-corrected chi connectivity index (χ1v) is 10.5. The van der Waals surface area contributed by atoms with Gasteiger partial charge in [0.05, 0.1) is 41.2 Å². The topological polar surface area (TPSA) is 73.7 Å². The molecule has 0 unspecified atom stereocenters. The number of rotatable bonds is 2. The van der Waals surface area contributed by atoms with Crippen molar-refractivity contribution >= 4 is 28.2 Å². The second-order valence-corrected chi connectivity index (χ2v) is 8.35. The lowest BCUT2D eigenvalue weighted by Gasteiger charge is -2.25. The maximum absolute atomic E-state index is 14.1. The van der Waals surface area contributed by atoms with Gasteiger partial charge < -0.3 is 19.2 Å². The lowest BCUT2D eigenvalue weighted by Crippen LogP contribution is -2.41. The number of carbonyl (C=O) groups is 2. The minimum atomic E-state index is -0.707. The molecule has 2 aliphatic heterocycles. The maximum atomic E-state index is 14.1. The molecule has 2 atom stereocenters. The van der Waals surface area contributed by atoms with Gasteiger partial charge in [0.2, 0.25) is 0 Å². The second kappa shape index (κ2) is 6.88. The van der Waals surface area contributed by atoms with E-state index in [9.17, 15) is 18.4 Å². The summed E-state index contributed by atoms with van der Waals surface area (Å²) in [5.41, 5.74) is 1.81. The van der Waals surface area contributed by atoms with E-state index in [0.717, 1.165) is 11.6 Å². The van der Waals surface area contributed by atoms with Gasteiger partial charge in [0, 0.05) is 30.7 Å². The molecule has 2 amide bonds. The van der Waals surface area contributed by atoms with Crippen molar-refractivity contribution in [2.75, 3.05) is 13.1 Å². The summed E-state index contributed by atoms with van der Waals surface area (Å²) in [6.45, 7) is 1.06. The summed E-state index contributed by atoms with van der Waals surface area (Å²) in [6, 6.07) is 6.84. The minimum Gasteiger partial charge on any atom is -0.350 e. The smallest absolute Gasteiger partial charge is 0.270 e. The number of hydrogen-bond donors (Lipinski definition) is 1. The third-order valence-electron chi connectivity index (χ3n) is 6.66. The minimum absolute atomic E-state index is 0.0685. The monoisotopic (exact) mass is 435 g/mol. The number of halogens is 2. The van der Waals surface area contributed by atoms with Gasteiger partial charge in [-0.1, -0.05) is 0 Å². The summed E-state index contributed by atoms with van der Waals surface area (Å²) >= 11 is 0. The molecule has 0 radical (unpaired) electrons. The van der Waals surface area contributed by atoms with Gasteiger partial charge in [-0.3, -0.25) is 9.59 Å². The first-order chi connectivity index (χ1) is 15.5. The van der Waals surface area contributed by atoms with E-state index < -0.39 is 11.6 Å². The Kier molecular flexibility index (Phi) is 4.08. The van der Waals surface area contributed by atoms with Crippen LogP contribution < -0.4 is 0 Å². The normalized spacial score (nSPS) is 20.4. The Bertz CT molecular complexity index is 1390. The highest BCUT2D eigenvalue weighted by Gasteiger charge is 2.46. The summed E-state index contributed by atoms with van der Waals surface area (Å²) in [5.74, 6) is -1.74. The lowest BCUT2D eigenvalue weighted by atomic mass is 10.1. The highest BCUT2D eigenvalue weighted by molar-refractivity contribution is 6.01. The molecule has 1 aromatic carbocycles. The van der Waals surface area contributed by atoms with Gasteiger partial charge in [-0.25, -0.2) is 13.8 Å². The molecule has 1 N–H and O–H groups in total. The first kappa shape index (κ1) is 19.0. The van der Waals surface area contributed by atoms with Gasteiger partial charge in [-0.15, -0.1) is 0 Å². The van der Waals surface area contributed by atoms with Gasteiger partial charge in [-0.05, 0) is 37.1 Å². The fourth-order valence-corrected chi connectivity index (χ4v) is 5.21. The number of benzene rings is 1. The molecular weight excluding hydrogens is 416 g/mol. The van der Waals surface area contributed by atoms with Crippen molar-refractivity contribution in [3.05, 3.63) is 71.9 Å². The van der Waals surface area contributed by atoms with Crippen LogP contribution in [0, 0.1) is 11.6 Å². The SMILES string of the molecule is O=C(c1cccn2cncc12)N1CC[C@H]2[C@H]1CCN2C(=O)c1cc2c(F)cc(F)cc2[nH]1. The number of carbonyl (C=O) groups excluding carboxylic acids is 2. The molecule has 5 heterocycles. The van der Waals surface area contributed by atoms with E-state index in [1.165, 1.54) is 12.1 Å². The van der Waals surface area contributed by atoms with Gasteiger partial charge >= 0.3 is 0 Å². The van der Waals surface area contributed by atoms with Gasteiger partial charge in [0.15, 0.2) is 0 Å². The number of nitrogens with one attached hydrogen (secondary N) is 1. The van der Waals surface area contributed by atoms with E-state index in [4.69, 9.17) is 0 Å². The summed E-state index contributed by atoms with van der Waals surface area (Å²) in [5, 5.41) is 0.183.